The Hall–Kier alpha value is -10.6. The first-order valence-corrected chi connectivity index (χ1v) is 38.4. The zero-order valence-corrected chi connectivity index (χ0v) is 62.3. The maximum absolute atomic E-state index is 12.9. The lowest BCUT2D eigenvalue weighted by atomic mass is 9.88. The Morgan fingerprint density at radius 3 is 0.889 bits per heavy atom. The summed E-state index contributed by atoms with van der Waals surface area (Å²) >= 11 is 0. The monoisotopic (exact) mass is 1460 g/mol. The van der Waals surface area contributed by atoms with Crippen molar-refractivity contribution in [2.24, 2.45) is 35.5 Å². The van der Waals surface area contributed by atoms with Crippen LogP contribution in [-0.2, 0) is 14.4 Å². The van der Waals surface area contributed by atoms with E-state index in [0.29, 0.717) is 107 Å². The lowest BCUT2D eigenvalue weighted by Crippen LogP contribution is -2.44. The molecule has 2 unspecified atom stereocenters. The van der Waals surface area contributed by atoms with Gasteiger partial charge in [-0.1, -0.05) is 38.5 Å². The van der Waals surface area contributed by atoms with E-state index >= 15 is 0 Å². The molecule has 0 aromatic carbocycles. The van der Waals surface area contributed by atoms with Gasteiger partial charge in [-0.2, -0.15) is 15.0 Å². The molecule has 9 aliphatic rings. The van der Waals surface area contributed by atoms with E-state index in [9.17, 15) is 28.8 Å². The Labute approximate surface area is 626 Å². The summed E-state index contributed by atoms with van der Waals surface area (Å²) in [6.45, 7) is 7.90. The smallest absolute Gasteiger partial charge is 0.270 e. The molecule has 0 bridgehead atoms. The van der Waals surface area contributed by atoms with Crippen molar-refractivity contribution < 1.29 is 28.8 Å². The van der Waals surface area contributed by atoms with Crippen LogP contribution in [0.1, 0.15) is 146 Å². The van der Waals surface area contributed by atoms with E-state index in [4.69, 9.17) is 15.0 Å². The molecule has 9 aromatic heterocycles. The number of anilines is 9. The Bertz CT molecular complexity index is 4360. The number of amides is 6. The van der Waals surface area contributed by atoms with E-state index in [1.54, 1.807) is 94.2 Å². The van der Waals surface area contributed by atoms with Gasteiger partial charge in [0.2, 0.25) is 35.6 Å². The molecule has 6 amide bonds. The van der Waals surface area contributed by atoms with Crippen molar-refractivity contribution >= 4 is 121 Å². The fourth-order valence-corrected chi connectivity index (χ4v) is 17.7. The summed E-state index contributed by atoms with van der Waals surface area (Å²) < 4.78 is 6.30. The first-order chi connectivity index (χ1) is 52.4. The van der Waals surface area contributed by atoms with Gasteiger partial charge in [-0.25, -0.2) is 29.9 Å². The third-order valence-corrected chi connectivity index (χ3v) is 23.5. The van der Waals surface area contributed by atoms with Gasteiger partial charge in [-0.3, -0.25) is 28.8 Å². The topological polar surface area (TPSA) is 325 Å². The van der Waals surface area contributed by atoms with Crippen LogP contribution < -0.4 is 46.6 Å². The summed E-state index contributed by atoms with van der Waals surface area (Å²) in [5, 5.41) is 22.3. The van der Waals surface area contributed by atoms with E-state index in [1.807, 2.05) is 69.3 Å². The number of aromatic nitrogens is 12. The van der Waals surface area contributed by atoms with Crippen LogP contribution in [0.2, 0.25) is 0 Å². The molecule has 564 valence electrons. The quantitative estimate of drug-likeness (QED) is 0.0558. The third kappa shape index (κ3) is 14.6. The van der Waals surface area contributed by atoms with Gasteiger partial charge in [-0.05, 0) is 168 Å². The number of piperidine rings is 3. The minimum atomic E-state index is -0.0290. The second-order valence-electron chi connectivity index (χ2n) is 31.3. The van der Waals surface area contributed by atoms with E-state index in [-0.39, 0.29) is 53.6 Å². The largest absolute Gasteiger partial charge is 0.343 e. The van der Waals surface area contributed by atoms with E-state index < -0.39 is 0 Å². The van der Waals surface area contributed by atoms with Gasteiger partial charge in [0.15, 0.2) is 0 Å². The minimum Gasteiger partial charge on any atom is -0.343 e. The van der Waals surface area contributed by atoms with Crippen molar-refractivity contribution in [1.29, 1.82) is 0 Å². The van der Waals surface area contributed by atoms with Crippen LogP contribution in [0.15, 0.2) is 91.8 Å². The molecule has 9 fully saturated rings. The van der Waals surface area contributed by atoms with E-state index in [1.165, 1.54) is 0 Å². The van der Waals surface area contributed by atoms with Crippen LogP contribution in [0.4, 0.5) is 52.4 Å². The molecule has 6 aliphatic heterocycles. The van der Waals surface area contributed by atoms with Gasteiger partial charge >= 0.3 is 0 Å². The van der Waals surface area contributed by atoms with Gasteiger partial charge in [-0.15, -0.1) is 0 Å². The molecular formula is C78H96N24O6. The average molecular weight is 1470 g/mol. The molecule has 6 N–H and O–H groups in total. The van der Waals surface area contributed by atoms with Crippen LogP contribution >= 0.6 is 0 Å². The highest BCUT2D eigenvalue weighted by Gasteiger charge is 2.41. The van der Waals surface area contributed by atoms with Gasteiger partial charge in [0.25, 0.3) is 17.7 Å². The number of carbonyl (C=O) groups is 6. The highest BCUT2D eigenvalue weighted by atomic mass is 16.2. The van der Waals surface area contributed by atoms with E-state index in [0.717, 1.165) is 186 Å². The lowest BCUT2D eigenvalue weighted by molar-refractivity contribution is -0.122. The Balaban J connectivity index is 0.000000124. The molecule has 108 heavy (non-hydrogen) atoms. The maximum atomic E-state index is 12.9. The summed E-state index contributed by atoms with van der Waals surface area (Å²) in [7, 11) is 10.6. The van der Waals surface area contributed by atoms with Crippen molar-refractivity contribution in [3.05, 3.63) is 109 Å². The molecule has 9 aromatic rings. The van der Waals surface area contributed by atoms with Gasteiger partial charge in [0, 0.05) is 134 Å². The van der Waals surface area contributed by atoms with Crippen molar-refractivity contribution in [3.8, 4) is 0 Å². The maximum Gasteiger partial charge on any atom is 0.270 e. The van der Waals surface area contributed by atoms with Gasteiger partial charge in [0.1, 0.15) is 51.5 Å². The molecule has 0 radical (unpaired) electrons. The number of nitrogens with one attached hydrogen (secondary N) is 6. The summed E-state index contributed by atoms with van der Waals surface area (Å²) in [5.41, 5.74) is 6.70. The van der Waals surface area contributed by atoms with Crippen molar-refractivity contribution in [2.45, 2.75) is 114 Å². The second-order valence-corrected chi connectivity index (χ2v) is 31.3. The number of hydrogen-bond donors (Lipinski definition) is 6. The van der Waals surface area contributed by atoms with Crippen molar-refractivity contribution in [1.82, 2.24) is 89.2 Å². The van der Waals surface area contributed by atoms with Crippen LogP contribution in [-0.4, -0.2) is 210 Å². The SMILES string of the molecule is CN(C)C(=O)c1cc2cnc(Nc3ccc(N4CC5CNCC5CC4=O)cn3)nc2n1C1CCCC1.CN(C)C(=O)c1cc2cnc(Nc3ccc(N4C[C@@H]5CNC[C@@H]5CC4=O)cn3)nc2n1C1CCCC1.CN(C)C(=O)c1cc2cnc(Nc3ccc(N4C[C@H]5CNC[C@H]5CC4=O)cn3)nc2n1C1CCCC1. The molecule has 15 heterocycles. The molecule has 0 spiro atoms. The first kappa shape index (κ1) is 71.7. The molecule has 6 saturated heterocycles. The summed E-state index contributed by atoms with van der Waals surface area (Å²) in [6, 6.07) is 17.8. The second kappa shape index (κ2) is 30.6. The Kier molecular flexibility index (Phi) is 20.3. The normalized spacial score (nSPS) is 22.3. The number of rotatable bonds is 15. The first-order valence-electron chi connectivity index (χ1n) is 38.4. The predicted octanol–water partition coefficient (Wildman–Crippen LogP) is 8.88. The molecule has 3 saturated carbocycles. The number of fused-ring (bicyclic) bond motifs is 6. The predicted molar refractivity (Wildman–Crippen MR) is 412 cm³/mol. The number of nitrogens with zero attached hydrogens (tertiary/aromatic N) is 18. The standard InChI is InChI=1S/3C26H32N8O2/c3*1-32(2)25(36)21-9-17-13-29-26(31-24(17)34(21)19-5-3-4-6-19)30-22-8-7-20(14-28-22)33-15-18-12-27-11-16(18)10-23(33)35/h3*7-9,13-14,16,18-19,27H,3-6,10-12,15H2,1-2H3,(H,28,29,30,31)/t2*16-,18-;/m10./s1. The van der Waals surface area contributed by atoms with Crippen LogP contribution in [0.5, 0.6) is 0 Å². The summed E-state index contributed by atoms with van der Waals surface area (Å²) in [4.78, 5) is 129. The number of pyridine rings is 3. The lowest BCUT2D eigenvalue weighted by Gasteiger charge is -2.34. The minimum absolute atomic E-state index is 0.0290. The molecule has 18 rings (SSSR count). The van der Waals surface area contributed by atoms with E-state index in [2.05, 4.69) is 75.5 Å². The average Bonchev–Trinajstić information content (AvgIpc) is 1.62. The van der Waals surface area contributed by atoms with Gasteiger partial charge < -0.3 is 75.0 Å². The zero-order valence-electron chi connectivity index (χ0n) is 62.3. The molecule has 3 aliphatic carbocycles. The summed E-state index contributed by atoms with van der Waals surface area (Å²) in [6.07, 6.45) is 25.4. The summed E-state index contributed by atoms with van der Waals surface area (Å²) in [5.74, 6) is 6.34. The highest BCUT2D eigenvalue weighted by molar-refractivity contribution is 6.01. The van der Waals surface area contributed by atoms with Crippen molar-refractivity contribution in [3.63, 3.8) is 0 Å². The highest BCUT2D eigenvalue weighted by Crippen LogP contribution is 2.40. The molecular weight excluding hydrogens is 1370 g/mol. The molecule has 30 heteroatoms. The van der Waals surface area contributed by atoms with Crippen LogP contribution in [0, 0.1) is 35.5 Å². The fraction of sp³-hybridized carbons (Fsp3) is 0.500. The molecule has 6 atom stereocenters. The van der Waals surface area contributed by atoms with Crippen LogP contribution in [0.3, 0.4) is 0 Å². The number of carbonyl (C=O) groups excluding carboxylic acids is 6. The van der Waals surface area contributed by atoms with Crippen LogP contribution in [0.25, 0.3) is 33.1 Å². The zero-order chi connectivity index (χ0) is 74.4. The Morgan fingerprint density at radius 1 is 0.370 bits per heavy atom. The number of hydrogen-bond acceptors (Lipinski definition) is 21. The Morgan fingerprint density at radius 2 is 0.639 bits per heavy atom. The van der Waals surface area contributed by atoms with Gasteiger partial charge in [0.05, 0.1) is 35.7 Å². The fourth-order valence-electron chi connectivity index (χ4n) is 17.7. The third-order valence-electron chi connectivity index (χ3n) is 23.5. The molecule has 30 nitrogen and oxygen atoms in total. The van der Waals surface area contributed by atoms with Crippen molar-refractivity contribution in [2.75, 3.05) is 132 Å².